The number of hydrogen-bond acceptors (Lipinski definition) is 12. The van der Waals surface area contributed by atoms with Crippen molar-refractivity contribution in [3.05, 3.63) is 35.1 Å². The third kappa shape index (κ3) is 11.8. The number of rotatable bonds is 12. The first kappa shape index (κ1) is 40.9. The van der Waals surface area contributed by atoms with Gasteiger partial charge in [-0.15, -0.1) is 6.42 Å². The molecule has 10 nitrogen and oxygen atoms in total. The molecule has 0 bridgehead atoms. The molecule has 2 aliphatic carbocycles. The fourth-order valence-corrected chi connectivity index (χ4v) is 10.1. The molecule has 276 valence electrons. The summed E-state index contributed by atoms with van der Waals surface area (Å²) in [7, 11) is 4.95. The number of thioether (sulfide) groups is 1. The van der Waals surface area contributed by atoms with Crippen molar-refractivity contribution in [3.8, 4) is 24.2 Å². The Kier molecular flexibility index (Phi) is 17.1. The Bertz CT molecular complexity index is 1340. The van der Waals surface area contributed by atoms with Gasteiger partial charge in [0.15, 0.2) is 18.4 Å². The van der Waals surface area contributed by atoms with Crippen molar-refractivity contribution in [2.24, 2.45) is 5.92 Å². The highest BCUT2D eigenvalue weighted by atomic mass is 33.1. The first-order valence-corrected chi connectivity index (χ1v) is 21.1. The quantitative estimate of drug-likeness (QED) is 0.0930. The van der Waals surface area contributed by atoms with Crippen LogP contribution in [0.25, 0.3) is 0 Å². The van der Waals surface area contributed by atoms with Gasteiger partial charge in [0.2, 0.25) is 0 Å². The van der Waals surface area contributed by atoms with Gasteiger partial charge in [-0.2, -0.15) is 17.2 Å². The van der Waals surface area contributed by atoms with Crippen molar-refractivity contribution < 1.29 is 38.5 Å². The van der Waals surface area contributed by atoms with E-state index in [-0.39, 0.29) is 36.3 Å². The first-order valence-electron chi connectivity index (χ1n) is 17.5. The van der Waals surface area contributed by atoms with Crippen molar-refractivity contribution in [2.45, 2.75) is 132 Å². The number of ketones is 1. The van der Waals surface area contributed by atoms with Crippen LogP contribution in [0.5, 0.6) is 0 Å². The summed E-state index contributed by atoms with van der Waals surface area (Å²) in [5.74, 6) is 8.74. The lowest BCUT2D eigenvalue weighted by Crippen LogP contribution is -2.56. The molecule has 1 saturated carbocycles. The summed E-state index contributed by atoms with van der Waals surface area (Å²) in [5.41, 5.74) is 4.37. The summed E-state index contributed by atoms with van der Waals surface area (Å²) in [5, 5.41) is 15.0. The summed E-state index contributed by atoms with van der Waals surface area (Å²) in [6, 6.07) is -0.545. The van der Waals surface area contributed by atoms with E-state index in [4.69, 9.17) is 30.2 Å². The Labute approximate surface area is 309 Å². The zero-order valence-electron chi connectivity index (χ0n) is 29.7. The molecule has 0 radical (unpaired) electrons. The molecular formula is C37H52N2O8S3. The molecule has 4 rings (SSSR count). The number of amides is 1. The lowest BCUT2D eigenvalue weighted by atomic mass is 9.79. The number of allylic oxidation sites excluding steroid dienone is 3. The molecule has 6 unspecified atom stereocenters. The van der Waals surface area contributed by atoms with Crippen molar-refractivity contribution in [2.75, 3.05) is 19.1 Å². The number of aliphatic hydroxyl groups is 1. The molecule has 2 heterocycles. The number of carbonyl (C=O) groups is 2. The molecular weight excluding hydrogens is 697 g/mol. The van der Waals surface area contributed by atoms with Crippen LogP contribution in [0.3, 0.4) is 0 Å². The Hall–Kier alpha value is -1.91. The number of nitrogens with one attached hydrogen (secondary N) is 2. The van der Waals surface area contributed by atoms with E-state index in [1.54, 1.807) is 22.6 Å². The maximum absolute atomic E-state index is 13.5. The highest BCUT2D eigenvalue weighted by Crippen LogP contribution is 2.39. The SMILES string of the molecule is C#C/C=C\C#C[C@H](OC1CC(O)[C@H](NOC2CC[C@H](SC)C(C)O2)C(C)O1)C1=C(NC(=O)OC)C(=O)CC(C)/C1=C/CSSC1CCCCC1. The molecule has 1 amide bonds. The Balaban J connectivity index is 1.55. The van der Waals surface area contributed by atoms with Crippen molar-refractivity contribution >= 4 is 45.2 Å². The summed E-state index contributed by atoms with van der Waals surface area (Å²) >= 11 is 1.79. The standard InChI is InChI=1S/C37H52N2O8S3/c1-7-8-9-13-16-30(46-33-22-29(41)35(25(4)45-33)39-47-32-18-17-31(48-6)24(3)44-32)34-27(19-20-49-50-26-14-11-10-12-15-26)23(2)21-28(40)36(34)38-37(42)43-5/h1,8-9,19,23-26,29-33,35,39,41H,10-12,14-15,17-18,20-22H2,2-6H3,(H,38,42)/b9-8-,27-19-/t23?,24?,25?,29?,30-,31-,32?,33?,35+/m0/s1. The van der Waals surface area contributed by atoms with Crippen LogP contribution in [-0.4, -0.2) is 89.6 Å². The van der Waals surface area contributed by atoms with Gasteiger partial charge < -0.3 is 24.1 Å². The van der Waals surface area contributed by atoms with Crippen LogP contribution in [-0.2, 0) is 28.6 Å². The third-order valence-electron chi connectivity index (χ3n) is 9.38. The van der Waals surface area contributed by atoms with Gasteiger partial charge in [-0.05, 0) is 63.0 Å². The molecule has 0 aromatic heterocycles. The Morgan fingerprint density at radius 1 is 1.10 bits per heavy atom. The minimum atomic E-state index is -1.01. The molecule has 0 aromatic rings. The summed E-state index contributed by atoms with van der Waals surface area (Å²) in [4.78, 5) is 31.9. The van der Waals surface area contributed by atoms with Gasteiger partial charge in [-0.1, -0.05) is 71.6 Å². The molecule has 0 spiro atoms. The maximum Gasteiger partial charge on any atom is 0.411 e. The summed E-state index contributed by atoms with van der Waals surface area (Å²) in [6.07, 6.45) is 16.4. The van der Waals surface area contributed by atoms with Crippen LogP contribution in [0.15, 0.2) is 35.1 Å². The molecule has 4 aliphatic rings. The normalized spacial score (nSPS) is 32.3. The highest BCUT2D eigenvalue weighted by molar-refractivity contribution is 8.77. The number of hydroxylamine groups is 1. The average molecular weight is 749 g/mol. The molecule has 2 saturated heterocycles. The molecule has 50 heavy (non-hydrogen) atoms. The molecule has 2 aliphatic heterocycles. The van der Waals surface area contributed by atoms with Gasteiger partial charge in [0.05, 0.1) is 37.2 Å². The minimum Gasteiger partial charge on any atom is -0.453 e. The van der Waals surface area contributed by atoms with Crippen LogP contribution >= 0.6 is 33.3 Å². The van der Waals surface area contributed by atoms with E-state index in [0.29, 0.717) is 21.8 Å². The maximum atomic E-state index is 13.5. The van der Waals surface area contributed by atoms with E-state index in [0.717, 1.165) is 18.4 Å². The zero-order chi connectivity index (χ0) is 36.0. The van der Waals surface area contributed by atoms with Crippen molar-refractivity contribution in [1.82, 2.24) is 10.8 Å². The van der Waals surface area contributed by atoms with Crippen LogP contribution in [0.4, 0.5) is 4.79 Å². The topological polar surface area (TPSA) is 125 Å². The second kappa shape index (κ2) is 21.0. The Morgan fingerprint density at radius 3 is 2.54 bits per heavy atom. The average Bonchev–Trinajstić information content (AvgIpc) is 3.09. The van der Waals surface area contributed by atoms with Gasteiger partial charge in [0.1, 0.15) is 6.10 Å². The van der Waals surface area contributed by atoms with Crippen LogP contribution in [0, 0.1) is 30.1 Å². The predicted octanol–water partition coefficient (Wildman–Crippen LogP) is 6.07. The van der Waals surface area contributed by atoms with E-state index in [1.807, 2.05) is 31.6 Å². The minimum absolute atomic E-state index is 0.0530. The summed E-state index contributed by atoms with van der Waals surface area (Å²) < 4.78 is 23.7. The molecule has 13 heteroatoms. The van der Waals surface area contributed by atoms with Gasteiger partial charge in [0, 0.05) is 41.1 Å². The van der Waals surface area contributed by atoms with E-state index < -0.39 is 43.0 Å². The monoisotopic (exact) mass is 748 g/mol. The van der Waals surface area contributed by atoms with E-state index >= 15 is 0 Å². The Morgan fingerprint density at radius 2 is 1.86 bits per heavy atom. The van der Waals surface area contributed by atoms with E-state index in [2.05, 4.69) is 40.9 Å². The number of alkyl carbamates (subject to hydrolysis) is 1. The van der Waals surface area contributed by atoms with Crippen molar-refractivity contribution in [1.29, 1.82) is 0 Å². The molecule has 3 fully saturated rings. The molecule has 3 N–H and O–H groups in total. The lowest BCUT2D eigenvalue weighted by Gasteiger charge is -2.41. The highest BCUT2D eigenvalue weighted by Gasteiger charge is 2.41. The number of carbonyl (C=O) groups excluding carboxylic acids is 2. The van der Waals surface area contributed by atoms with E-state index in [9.17, 15) is 14.7 Å². The van der Waals surface area contributed by atoms with Gasteiger partial charge in [-0.3, -0.25) is 14.9 Å². The fraction of sp³-hybridized carbons (Fsp3) is 0.676. The predicted molar refractivity (Wildman–Crippen MR) is 201 cm³/mol. The number of terminal acetylenes is 1. The number of hydrogen-bond donors (Lipinski definition) is 3. The van der Waals surface area contributed by atoms with Crippen molar-refractivity contribution in [3.63, 3.8) is 0 Å². The molecule has 0 aromatic carbocycles. The number of aliphatic hydroxyl groups excluding tert-OH is 1. The largest absolute Gasteiger partial charge is 0.453 e. The molecule has 9 atom stereocenters. The second-order valence-corrected chi connectivity index (χ2v) is 16.8. The smallest absolute Gasteiger partial charge is 0.411 e. The van der Waals surface area contributed by atoms with Crippen LogP contribution in [0.1, 0.15) is 78.6 Å². The third-order valence-corrected chi connectivity index (χ3v) is 13.4. The van der Waals surface area contributed by atoms with E-state index in [1.165, 1.54) is 51.4 Å². The number of ether oxygens (including phenoxy) is 4. The van der Waals surface area contributed by atoms with Crippen LogP contribution in [0.2, 0.25) is 0 Å². The van der Waals surface area contributed by atoms with Crippen LogP contribution < -0.4 is 10.8 Å². The first-order chi connectivity index (χ1) is 24.1. The van der Waals surface area contributed by atoms with Gasteiger partial charge in [0.25, 0.3) is 0 Å². The zero-order valence-corrected chi connectivity index (χ0v) is 32.1. The fourth-order valence-electron chi connectivity index (χ4n) is 6.67. The summed E-state index contributed by atoms with van der Waals surface area (Å²) in [6.45, 7) is 5.85. The van der Waals surface area contributed by atoms with Gasteiger partial charge in [-0.25, -0.2) is 4.79 Å². The second-order valence-electron chi connectivity index (χ2n) is 13.0. The number of Topliss-reactive ketones (excluding diaryl/α,β-unsaturated/α-hetero) is 1. The van der Waals surface area contributed by atoms with Gasteiger partial charge >= 0.3 is 6.09 Å². The number of methoxy groups -OCH3 is 1. The lowest BCUT2D eigenvalue weighted by molar-refractivity contribution is -0.266.